The van der Waals surface area contributed by atoms with Crippen molar-refractivity contribution in [2.45, 2.75) is 6.10 Å². The first-order chi connectivity index (χ1) is 10.2. The van der Waals surface area contributed by atoms with Crippen LogP contribution in [0.5, 0.6) is 11.5 Å². The minimum atomic E-state index is -0.266. The summed E-state index contributed by atoms with van der Waals surface area (Å²) in [5, 5.41) is 2.77. The summed E-state index contributed by atoms with van der Waals surface area (Å²) in [6.07, 6.45) is 1.23. The molecule has 1 amide bonds. The number of aromatic nitrogens is 1. The van der Waals surface area contributed by atoms with E-state index < -0.39 is 0 Å². The Bertz CT molecular complexity index is 643. The molecule has 1 aliphatic rings. The van der Waals surface area contributed by atoms with Crippen molar-refractivity contribution in [3.8, 4) is 11.5 Å². The molecule has 1 aromatic heterocycles. The first-order valence-electron chi connectivity index (χ1n) is 6.60. The number of nitrogens with one attached hydrogen (secondary N) is 1. The fraction of sp³-hybridized carbons (Fsp3) is 0.200. The number of hydrogen-bond donors (Lipinski definition) is 2. The summed E-state index contributed by atoms with van der Waals surface area (Å²) in [6, 6.07) is 10.7. The maximum Gasteiger partial charge on any atom is 0.270 e. The average Bonchev–Trinajstić information content (AvgIpc) is 2.53. The molecule has 108 valence electrons. The molecule has 0 fully saturated rings. The Hall–Kier alpha value is -2.76. The third-order valence-electron chi connectivity index (χ3n) is 3.08. The molecule has 0 aliphatic carbocycles. The van der Waals surface area contributed by atoms with E-state index in [0.29, 0.717) is 30.3 Å². The van der Waals surface area contributed by atoms with Crippen LogP contribution in [0.3, 0.4) is 0 Å². The van der Waals surface area contributed by atoms with Crippen molar-refractivity contribution in [2.24, 2.45) is 0 Å². The smallest absolute Gasteiger partial charge is 0.270 e. The highest BCUT2D eigenvalue weighted by Crippen LogP contribution is 2.30. The van der Waals surface area contributed by atoms with Gasteiger partial charge < -0.3 is 20.5 Å². The number of para-hydroxylation sites is 2. The summed E-state index contributed by atoms with van der Waals surface area (Å²) in [5.74, 6) is 1.14. The number of amides is 1. The minimum absolute atomic E-state index is 0.224. The number of ether oxygens (including phenoxy) is 2. The van der Waals surface area contributed by atoms with Crippen LogP contribution >= 0.6 is 0 Å². The fourth-order valence-corrected chi connectivity index (χ4v) is 2.00. The first-order valence-corrected chi connectivity index (χ1v) is 6.60. The number of nitrogens with two attached hydrogens (primary N) is 1. The van der Waals surface area contributed by atoms with E-state index in [2.05, 4.69) is 10.3 Å². The van der Waals surface area contributed by atoms with E-state index in [4.69, 9.17) is 15.2 Å². The summed E-state index contributed by atoms with van der Waals surface area (Å²) in [4.78, 5) is 15.9. The molecule has 0 bridgehead atoms. The average molecular weight is 285 g/mol. The lowest BCUT2D eigenvalue weighted by atomic mass is 10.2. The predicted molar refractivity (Wildman–Crippen MR) is 77.3 cm³/mol. The van der Waals surface area contributed by atoms with E-state index in [1.807, 2.05) is 24.3 Å². The molecule has 1 unspecified atom stereocenters. The lowest BCUT2D eigenvalue weighted by Gasteiger charge is -2.26. The number of fused-ring (bicyclic) bond motifs is 1. The van der Waals surface area contributed by atoms with Crippen LogP contribution in [0.4, 0.5) is 5.69 Å². The number of rotatable bonds is 3. The molecule has 0 saturated carbocycles. The second-order valence-corrected chi connectivity index (χ2v) is 4.68. The molecule has 2 heterocycles. The zero-order chi connectivity index (χ0) is 14.7. The van der Waals surface area contributed by atoms with Crippen LogP contribution in [0.2, 0.25) is 0 Å². The normalized spacial score (nSPS) is 16.3. The topological polar surface area (TPSA) is 86.5 Å². The summed E-state index contributed by atoms with van der Waals surface area (Å²) in [7, 11) is 0. The molecular formula is C15H15N3O3. The van der Waals surface area contributed by atoms with Gasteiger partial charge in [-0.05, 0) is 24.3 Å². The number of nitrogen functional groups attached to an aromatic ring is 1. The van der Waals surface area contributed by atoms with E-state index >= 15 is 0 Å². The van der Waals surface area contributed by atoms with Gasteiger partial charge in [0, 0.05) is 0 Å². The molecule has 21 heavy (non-hydrogen) atoms. The van der Waals surface area contributed by atoms with Gasteiger partial charge in [-0.15, -0.1) is 0 Å². The summed E-state index contributed by atoms with van der Waals surface area (Å²) in [5.41, 5.74) is 6.37. The van der Waals surface area contributed by atoms with E-state index in [1.165, 1.54) is 6.20 Å². The Kier molecular flexibility index (Phi) is 3.59. The molecule has 0 radical (unpaired) electrons. The van der Waals surface area contributed by atoms with Gasteiger partial charge in [0.1, 0.15) is 18.4 Å². The summed E-state index contributed by atoms with van der Waals surface area (Å²) >= 11 is 0. The molecule has 2 aromatic rings. The van der Waals surface area contributed by atoms with Gasteiger partial charge in [-0.3, -0.25) is 4.79 Å². The zero-order valence-corrected chi connectivity index (χ0v) is 11.3. The lowest BCUT2D eigenvalue weighted by molar-refractivity contribution is 0.0786. The largest absolute Gasteiger partial charge is 0.486 e. The number of hydrogen-bond acceptors (Lipinski definition) is 5. The number of pyridine rings is 1. The Morgan fingerprint density at radius 2 is 2.10 bits per heavy atom. The van der Waals surface area contributed by atoms with Gasteiger partial charge >= 0.3 is 0 Å². The highest BCUT2D eigenvalue weighted by atomic mass is 16.6. The van der Waals surface area contributed by atoms with E-state index in [-0.39, 0.29) is 12.0 Å². The van der Waals surface area contributed by atoms with Crippen molar-refractivity contribution in [3.05, 3.63) is 48.3 Å². The van der Waals surface area contributed by atoms with Crippen LogP contribution in [-0.4, -0.2) is 30.1 Å². The highest BCUT2D eigenvalue weighted by molar-refractivity contribution is 5.92. The number of carbonyl (C=O) groups is 1. The Morgan fingerprint density at radius 1 is 1.29 bits per heavy atom. The van der Waals surface area contributed by atoms with Crippen molar-refractivity contribution in [2.75, 3.05) is 18.9 Å². The van der Waals surface area contributed by atoms with Crippen LogP contribution in [0, 0.1) is 0 Å². The van der Waals surface area contributed by atoms with Crippen molar-refractivity contribution >= 4 is 11.6 Å². The van der Waals surface area contributed by atoms with Gasteiger partial charge in [0.15, 0.2) is 11.5 Å². The molecular weight excluding hydrogens is 270 g/mol. The Labute approximate surface area is 121 Å². The quantitative estimate of drug-likeness (QED) is 0.886. The van der Waals surface area contributed by atoms with Crippen LogP contribution < -0.4 is 20.5 Å². The van der Waals surface area contributed by atoms with Crippen molar-refractivity contribution in [1.82, 2.24) is 10.3 Å². The monoisotopic (exact) mass is 285 g/mol. The molecule has 0 spiro atoms. The molecule has 6 heteroatoms. The summed E-state index contributed by atoms with van der Waals surface area (Å²) in [6.45, 7) is 0.742. The van der Waals surface area contributed by atoms with Crippen LogP contribution in [0.25, 0.3) is 0 Å². The van der Waals surface area contributed by atoms with Gasteiger partial charge in [0.25, 0.3) is 5.91 Å². The van der Waals surface area contributed by atoms with E-state index in [1.54, 1.807) is 12.1 Å². The molecule has 6 nitrogen and oxygen atoms in total. The number of carbonyl (C=O) groups excluding carboxylic acids is 1. The molecule has 1 aromatic carbocycles. The molecule has 3 rings (SSSR count). The molecule has 1 aliphatic heterocycles. The van der Waals surface area contributed by atoms with Gasteiger partial charge in [-0.2, -0.15) is 0 Å². The standard InChI is InChI=1S/C15H15N3O3/c16-10-5-6-12(17-7-10)15(19)18-8-11-9-20-13-3-1-2-4-14(13)21-11/h1-7,11H,8-9,16H2,(H,18,19). The van der Waals surface area contributed by atoms with Crippen molar-refractivity contribution in [1.29, 1.82) is 0 Å². The van der Waals surface area contributed by atoms with Crippen molar-refractivity contribution in [3.63, 3.8) is 0 Å². The van der Waals surface area contributed by atoms with E-state index in [9.17, 15) is 4.79 Å². The van der Waals surface area contributed by atoms with Gasteiger partial charge in [0.05, 0.1) is 18.4 Å². The SMILES string of the molecule is Nc1ccc(C(=O)NCC2COc3ccccc3O2)nc1. The van der Waals surface area contributed by atoms with Crippen LogP contribution in [0.1, 0.15) is 10.5 Å². The minimum Gasteiger partial charge on any atom is -0.486 e. The number of anilines is 1. The highest BCUT2D eigenvalue weighted by Gasteiger charge is 2.21. The second-order valence-electron chi connectivity index (χ2n) is 4.68. The van der Waals surface area contributed by atoms with Crippen LogP contribution in [0.15, 0.2) is 42.6 Å². The van der Waals surface area contributed by atoms with Crippen molar-refractivity contribution < 1.29 is 14.3 Å². The summed E-state index contributed by atoms with van der Waals surface area (Å²) < 4.78 is 11.3. The van der Waals surface area contributed by atoms with E-state index in [0.717, 1.165) is 5.75 Å². The predicted octanol–water partition coefficient (Wildman–Crippen LogP) is 1.23. The van der Waals surface area contributed by atoms with Gasteiger partial charge in [-0.25, -0.2) is 4.98 Å². The first kappa shape index (κ1) is 13.2. The molecule has 3 N–H and O–H groups in total. The third kappa shape index (κ3) is 3.05. The second kappa shape index (κ2) is 5.70. The maximum absolute atomic E-state index is 11.9. The van der Waals surface area contributed by atoms with Gasteiger partial charge in [-0.1, -0.05) is 12.1 Å². The molecule has 1 atom stereocenters. The van der Waals surface area contributed by atoms with Crippen LogP contribution in [-0.2, 0) is 0 Å². The van der Waals surface area contributed by atoms with Gasteiger partial charge in [0.2, 0.25) is 0 Å². The number of benzene rings is 1. The lowest BCUT2D eigenvalue weighted by Crippen LogP contribution is -2.40. The Morgan fingerprint density at radius 3 is 2.86 bits per heavy atom. The third-order valence-corrected chi connectivity index (χ3v) is 3.08. The fourth-order valence-electron chi connectivity index (χ4n) is 2.00. The maximum atomic E-state index is 11.9. The Balaban J connectivity index is 1.56. The number of nitrogens with zero attached hydrogens (tertiary/aromatic N) is 1. The molecule has 0 saturated heterocycles. The zero-order valence-electron chi connectivity index (χ0n) is 11.3.